The summed E-state index contributed by atoms with van der Waals surface area (Å²) in [5.74, 6) is -0.505. The maximum absolute atomic E-state index is 13.7. The summed E-state index contributed by atoms with van der Waals surface area (Å²) in [4.78, 5) is 12.7. The Bertz CT molecular complexity index is 526. The number of rotatable bonds is 4. The van der Waals surface area contributed by atoms with E-state index in [1.165, 1.54) is 6.07 Å². The molecule has 1 aliphatic carbocycles. The van der Waals surface area contributed by atoms with Crippen LogP contribution in [0.5, 0.6) is 0 Å². The fourth-order valence-corrected chi connectivity index (χ4v) is 3.10. The summed E-state index contributed by atoms with van der Waals surface area (Å²) < 4.78 is 13.7. The fourth-order valence-electron chi connectivity index (χ4n) is 2.80. The number of hydrogen-bond acceptors (Lipinski definition) is 2. The molecule has 0 radical (unpaired) electrons. The van der Waals surface area contributed by atoms with Gasteiger partial charge in [-0.3, -0.25) is 4.79 Å². The van der Waals surface area contributed by atoms with Crippen LogP contribution in [0.15, 0.2) is 24.3 Å². The highest BCUT2D eigenvalue weighted by molar-refractivity contribution is 7.80. The third-order valence-electron chi connectivity index (χ3n) is 4.08. The summed E-state index contributed by atoms with van der Waals surface area (Å²) >= 11 is 5.08. The Hall–Kier alpha value is -1.49. The van der Waals surface area contributed by atoms with Gasteiger partial charge >= 0.3 is 0 Å². The SMILES string of the molecule is CC(NC(=O)C1(C(N)=S)CCCC1)c1ccccc1F. The molecule has 1 fully saturated rings. The quantitative estimate of drug-likeness (QED) is 0.840. The molecule has 20 heavy (non-hydrogen) atoms. The van der Waals surface area contributed by atoms with Crippen LogP contribution in [-0.4, -0.2) is 10.9 Å². The minimum absolute atomic E-state index is 0.182. The summed E-state index contributed by atoms with van der Waals surface area (Å²) in [7, 11) is 0. The van der Waals surface area contributed by atoms with Crippen LogP contribution in [0.1, 0.15) is 44.2 Å². The molecule has 0 bridgehead atoms. The Morgan fingerprint density at radius 2 is 2.00 bits per heavy atom. The lowest BCUT2D eigenvalue weighted by Gasteiger charge is -2.28. The predicted molar refractivity (Wildman–Crippen MR) is 80.6 cm³/mol. The molecule has 3 nitrogen and oxygen atoms in total. The summed E-state index contributed by atoms with van der Waals surface area (Å²) in [5, 5.41) is 2.85. The largest absolute Gasteiger partial charge is 0.392 e. The Labute approximate surface area is 123 Å². The zero-order chi connectivity index (χ0) is 14.8. The van der Waals surface area contributed by atoms with Crippen molar-refractivity contribution in [1.29, 1.82) is 0 Å². The number of nitrogens with one attached hydrogen (secondary N) is 1. The molecular formula is C15H19FN2OS. The Kier molecular flexibility index (Phi) is 4.38. The number of amides is 1. The van der Waals surface area contributed by atoms with Crippen molar-refractivity contribution < 1.29 is 9.18 Å². The van der Waals surface area contributed by atoms with Gasteiger partial charge in [-0.15, -0.1) is 0 Å². The van der Waals surface area contributed by atoms with Gasteiger partial charge in [0.1, 0.15) is 5.82 Å². The van der Waals surface area contributed by atoms with E-state index < -0.39 is 11.5 Å². The van der Waals surface area contributed by atoms with Gasteiger partial charge in [0.25, 0.3) is 0 Å². The van der Waals surface area contributed by atoms with Crippen LogP contribution in [-0.2, 0) is 4.79 Å². The van der Waals surface area contributed by atoms with Crippen molar-refractivity contribution in [3.8, 4) is 0 Å². The van der Waals surface area contributed by atoms with Gasteiger partial charge in [0, 0.05) is 5.56 Å². The van der Waals surface area contributed by atoms with E-state index in [1.54, 1.807) is 25.1 Å². The van der Waals surface area contributed by atoms with Gasteiger partial charge < -0.3 is 11.1 Å². The highest BCUT2D eigenvalue weighted by Crippen LogP contribution is 2.39. The van der Waals surface area contributed by atoms with Crippen LogP contribution in [0, 0.1) is 11.2 Å². The zero-order valence-electron chi connectivity index (χ0n) is 11.5. The minimum atomic E-state index is -0.755. The summed E-state index contributed by atoms with van der Waals surface area (Å²) in [6.07, 6.45) is 3.24. The Morgan fingerprint density at radius 1 is 1.40 bits per heavy atom. The number of nitrogens with two attached hydrogens (primary N) is 1. The number of hydrogen-bond donors (Lipinski definition) is 2. The monoisotopic (exact) mass is 294 g/mol. The smallest absolute Gasteiger partial charge is 0.233 e. The second kappa shape index (κ2) is 5.87. The van der Waals surface area contributed by atoms with E-state index in [4.69, 9.17) is 18.0 Å². The first-order valence-corrected chi connectivity index (χ1v) is 7.23. The van der Waals surface area contributed by atoms with Gasteiger partial charge in [-0.2, -0.15) is 0 Å². The highest BCUT2D eigenvalue weighted by atomic mass is 32.1. The van der Waals surface area contributed by atoms with Crippen molar-refractivity contribution >= 4 is 23.1 Å². The highest BCUT2D eigenvalue weighted by Gasteiger charge is 2.44. The van der Waals surface area contributed by atoms with Gasteiger partial charge in [0.15, 0.2) is 0 Å². The molecule has 0 aliphatic heterocycles. The molecule has 1 aliphatic rings. The molecule has 2 rings (SSSR count). The molecule has 1 saturated carbocycles. The lowest BCUT2D eigenvalue weighted by molar-refractivity contribution is -0.128. The first-order chi connectivity index (χ1) is 9.47. The molecule has 1 unspecified atom stereocenters. The molecule has 3 N–H and O–H groups in total. The average Bonchev–Trinajstić information content (AvgIpc) is 2.89. The first kappa shape index (κ1) is 14.9. The van der Waals surface area contributed by atoms with Crippen LogP contribution in [0.3, 0.4) is 0 Å². The van der Waals surface area contributed by atoms with E-state index >= 15 is 0 Å². The Balaban J connectivity index is 2.15. The molecule has 1 aromatic rings. The van der Waals surface area contributed by atoms with Crippen molar-refractivity contribution in [2.24, 2.45) is 11.1 Å². The van der Waals surface area contributed by atoms with Crippen molar-refractivity contribution in [2.75, 3.05) is 0 Å². The summed E-state index contributed by atoms with van der Waals surface area (Å²) in [6.45, 7) is 1.76. The van der Waals surface area contributed by atoms with Crippen LogP contribution in [0.25, 0.3) is 0 Å². The van der Waals surface area contributed by atoms with Crippen LogP contribution < -0.4 is 11.1 Å². The summed E-state index contributed by atoms with van der Waals surface area (Å²) in [6, 6.07) is 6.02. The van der Waals surface area contributed by atoms with Crippen molar-refractivity contribution in [3.63, 3.8) is 0 Å². The minimum Gasteiger partial charge on any atom is -0.392 e. The molecule has 1 atom stereocenters. The lowest BCUT2D eigenvalue weighted by atomic mass is 9.84. The molecule has 0 spiro atoms. The third kappa shape index (κ3) is 2.68. The number of thiocarbonyl (C=S) groups is 1. The van der Waals surface area contributed by atoms with E-state index in [9.17, 15) is 9.18 Å². The second-order valence-electron chi connectivity index (χ2n) is 5.37. The number of carbonyl (C=O) groups is 1. The molecule has 1 aromatic carbocycles. The van der Waals surface area contributed by atoms with Crippen LogP contribution in [0.2, 0.25) is 0 Å². The van der Waals surface area contributed by atoms with E-state index in [1.807, 2.05) is 0 Å². The number of carbonyl (C=O) groups excluding carboxylic acids is 1. The Morgan fingerprint density at radius 3 is 2.55 bits per heavy atom. The van der Waals surface area contributed by atoms with Crippen molar-refractivity contribution in [3.05, 3.63) is 35.6 Å². The van der Waals surface area contributed by atoms with Gasteiger partial charge in [-0.05, 0) is 25.8 Å². The first-order valence-electron chi connectivity index (χ1n) is 6.83. The molecule has 108 valence electrons. The standard InChI is InChI=1S/C15H19FN2OS/c1-10(11-6-2-3-7-12(11)16)18-14(19)15(13(17)20)8-4-5-9-15/h2-3,6-7,10H,4-5,8-9H2,1H3,(H2,17,20)(H,18,19). The normalized spacial score (nSPS) is 18.5. The maximum atomic E-state index is 13.7. The van der Waals surface area contributed by atoms with E-state index in [-0.39, 0.29) is 16.7 Å². The van der Waals surface area contributed by atoms with E-state index in [0.717, 1.165) is 12.8 Å². The molecule has 1 amide bonds. The summed E-state index contributed by atoms with van der Waals surface area (Å²) in [5.41, 5.74) is 5.49. The zero-order valence-corrected chi connectivity index (χ0v) is 12.3. The fraction of sp³-hybridized carbons (Fsp3) is 0.467. The predicted octanol–water partition coefficient (Wildman–Crippen LogP) is 2.85. The number of halogens is 1. The molecule has 0 heterocycles. The average molecular weight is 294 g/mol. The van der Waals surface area contributed by atoms with Crippen LogP contribution in [0.4, 0.5) is 4.39 Å². The maximum Gasteiger partial charge on any atom is 0.233 e. The van der Waals surface area contributed by atoms with E-state index in [0.29, 0.717) is 18.4 Å². The van der Waals surface area contributed by atoms with Crippen molar-refractivity contribution in [1.82, 2.24) is 5.32 Å². The molecule has 0 aromatic heterocycles. The third-order valence-corrected chi connectivity index (χ3v) is 4.47. The topological polar surface area (TPSA) is 55.1 Å². The molecule has 5 heteroatoms. The van der Waals surface area contributed by atoms with Crippen molar-refractivity contribution in [2.45, 2.75) is 38.6 Å². The van der Waals surface area contributed by atoms with Gasteiger partial charge in [0.05, 0.1) is 16.4 Å². The lowest BCUT2D eigenvalue weighted by Crippen LogP contribution is -2.47. The molecule has 0 saturated heterocycles. The molecular weight excluding hydrogens is 275 g/mol. The van der Waals surface area contributed by atoms with Gasteiger partial charge in [0.2, 0.25) is 5.91 Å². The van der Waals surface area contributed by atoms with Gasteiger partial charge in [-0.1, -0.05) is 43.3 Å². The number of benzene rings is 1. The second-order valence-corrected chi connectivity index (χ2v) is 5.81. The van der Waals surface area contributed by atoms with E-state index in [2.05, 4.69) is 5.32 Å². The van der Waals surface area contributed by atoms with Crippen LogP contribution >= 0.6 is 12.2 Å². The van der Waals surface area contributed by atoms with Gasteiger partial charge in [-0.25, -0.2) is 4.39 Å².